The summed E-state index contributed by atoms with van der Waals surface area (Å²) in [5.74, 6) is -0.501. The van der Waals surface area contributed by atoms with Gasteiger partial charge in [-0.15, -0.1) is 0 Å². The van der Waals surface area contributed by atoms with Crippen molar-refractivity contribution in [3.05, 3.63) is 64.2 Å². The number of alkyl halides is 3. The number of likely N-dealkylation sites (tertiary alicyclic amines) is 1. The van der Waals surface area contributed by atoms with Gasteiger partial charge in [0.2, 0.25) is 0 Å². The summed E-state index contributed by atoms with van der Waals surface area (Å²) >= 11 is 5.91. The van der Waals surface area contributed by atoms with Gasteiger partial charge in [-0.25, -0.2) is 0 Å². The molecular weight excluding hydrogens is 365 g/mol. The molecule has 26 heavy (non-hydrogen) atoms. The largest absolute Gasteiger partial charge is 0.416 e. The van der Waals surface area contributed by atoms with E-state index in [4.69, 9.17) is 11.6 Å². The molecule has 0 bridgehead atoms. The lowest BCUT2D eigenvalue weighted by atomic mass is 10.1. The number of amides is 1. The summed E-state index contributed by atoms with van der Waals surface area (Å²) in [5, 5.41) is 2.50. The summed E-state index contributed by atoms with van der Waals surface area (Å²) in [7, 11) is 0. The number of carbonyl (C=O) groups is 1. The molecule has 0 spiro atoms. The van der Waals surface area contributed by atoms with E-state index in [1.807, 2.05) is 12.1 Å². The number of nitrogens with zero attached hydrogens (tertiary/aromatic N) is 1. The molecule has 3 nitrogen and oxygen atoms in total. The monoisotopic (exact) mass is 382 g/mol. The van der Waals surface area contributed by atoms with E-state index in [1.165, 1.54) is 12.8 Å². The Balaban J connectivity index is 1.69. The number of hydrogen-bond donors (Lipinski definition) is 1. The normalized spacial score (nSPS) is 15.2. The molecule has 2 aromatic rings. The smallest absolute Gasteiger partial charge is 0.321 e. The fourth-order valence-corrected chi connectivity index (χ4v) is 3.12. The topological polar surface area (TPSA) is 32.3 Å². The summed E-state index contributed by atoms with van der Waals surface area (Å²) < 4.78 is 38.4. The van der Waals surface area contributed by atoms with E-state index >= 15 is 0 Å². The minimum atomic E-state index is -4.50. The lowest BCUT2D eigenvalue weighted by molar-refractivity contribution is -0.137. The van der Waals surface area contributed by atoms with Gasteiger partial charge in [-0.2, -0.15) is 13.2 Å². The van der Waals surface area contributed by atoms with Gasteiger partial charge in [-0.05, 0) is 61.8 Å². The van der Waals surface area contributed by atoms with Gasteiger partial charge in [0, 0.05) is 12.1 Å². The van der Waals surface area contributed by atoms with Crippen molar-refractivity contribution in [2.75, 3.05) is 18.4 Å². The van der Waals surface area contributed by atoms with Gasteiger partial charge in [-0.3, -0.25) is 9.69 Å². The zero-order chi connectivity index (χ0) is 18.7. The van der Waals surface area contributed by atoms with Crippen LogP contribution in [0.25, 0.3) is 0 Å². The molecule has 0 unspecified atom stereocenters. The Kier molecular flexibility index (Phi) is 5.53. The maximum Gasteiger partial charge on any atom is 0.416 e. The molecule has 0 radical (unpaired) electrons. The SMILES string of the molecule is O=C(Nc1cc(C(F)(F)F)ccc1Cl)c1ccc(CN2CCCC2)cc1. The predicted molar refractivity (Wildman–Crippen MR) is 95.4 cm³/mol. The van der Waals surface area contributed by atoms with Crippen LogP contribution in [-0.2, 0) is 12.7 Å². The van der Waals surface area contributed by atoms with Crippen molar-refractivity contribution >= 4 is 23.2 Å². The Morgan fingerprint density at radius 1 is 1.08 bits per heavy atom. The Morgan fingerprint density at radius 2 is 1.73 bits per heavy atom. The second kappa shape index (κ2) is 7.68. The lowest BCUT2D eigenvalue weighted by Gasteiger charge is -2.15. The van der Waals surface area contributed by atoms with Gasteiger partial charge in [0.25, 0.3) is 5.91 Å². The molecule has 7 heteroatoms. The minimum Gasteiger partial charge on any atom is -0.321 e. The van der Waals surface area contributed by atoms with E-state index < -0.39 is 17.6 Å². The van der Waals surface area contributed by atoms with E-state index in [2.05, 4.69) is 10.2 Å². The van der Waals surface area contributed by atoms with Crippen molar-refractivity contribution in [2.24, 2.45) is 0 Å². The summed E-state index contributed by atoms with van der Waals surface area (Å²) in [5.41, 5.74) is 0.537. The first-order valence-corrected chi connectivity index (χ1v) is 8.70. The molecule has 0 aromatic heterocycles. The first kappa shape index (κ1) is 18.7. The van der Waals surface area contributed by atoms with Crippen LogP contribution in [-0.4, -0.2) is 23.9 Å². The maximum atomic E-state index is 12.8. The van der Waals surface area contributed by atoms with Gasteiger partial charge in [0.1, 0.15) is 0 Å². The number of hydrogen-bond acceptors (Lipinski definition) is 2. The predicted octanol–water partition coefficient (Wildman–Crippen LogP) is 5.21. The molecule has 1 aliphatic heterocycles. The molecule has 0 saturated carbocycles. The number of nitrogens with one attached hydrogen (secondary N) is 1. The zero-order valence-electron chi connectivity index (χ0n) is 13.9. The van der Waals surface area contributed by atoms with E-state index in [0.29, 0.717) is 5.56 Å². The van der Waals surface area contributed by atoms with Crippen molar-refractivity contribution < 1.29 is 18.0 Å². The Bertz CT molecular complexity index is 784. The summed E-state index contributed by atoms with van der Waals surface area (Å²) in [4.78, 5) is 14.7. The van der Waals surface area contributed by atoms with Crippen LogP contribution in [0.5, 0.6) is 0 Å². The van der Waals surface area contributed by atoms with Crippen molar-refractivity contribution in [2.45, 2.75) is 25.6 Å². The highest BCUT2D eigenvalue weighted by atomic mass is 35.5. The molecule has 0 atom stereocenters. The highest BCUT2D eigenvalue weighted by Crippen LogP contribution is 2.34. The Morgan fingerprint density at radius 3 is 2.35 bits per heavy atom. The number of anilines is 1. The molecule has 3 rings (SSSR count). The fourth-order valence-electron chi connectivity index (χ4n) is 2.95. The summed E-state index contributed by atoms with van der Waals surface area (Å²) in [6.07, 6.45) is -2.09. The standard InChI is InChI=1S/C19H18ClF3N2O/c20-16-8-7-15(19(21,22)23)11-17(16)24-18(26)14-5-3-13(4-6-14)12-25-9-1-2-10-25/h3-8,11H,1-2,9-10,12H2,(H,24,26). The average Bonchev–Trinajstić information content (AvgIpc) is 3.09. The second-order valence-corrected chi connectivity index (χ2v) is 6.73. The lowest BCUT2D eigenvalue weighted by Crippen LogP contribution is -2.18. The summed E-state index contributed by atoms with van der Waals surface area (Å²) in [6, 6.07) is 9.90. The van der Waals surface area contributed by atoms with E-state index in [-0.39, 0.29) is 10.7 Å². The van der Waals surface area contributed by atoms with Crippen LogP contribution in [0.4, 0.5) is 18.9 Å². The van der Waals surface area contributed by atoms with Crippen molar-refractivity contribution in [3.8, 4) is 0 Å². The third-order valence-corrected chi connectivity index (χ3v) is 4.69. The van der Waals surface area contributed by atoms with Crippen LogP contribution in [0.3, 0.4) is 0 Å². The molecule has 1 amide bonds. The van der Waals surface area contributed by atoms with Gasteiger partial charge in [0.05, 0.1) is 16.3 Å². The molecular formula is C19H18ClF3N2O. The third-order valence-electron chi connectivity index (χ3n) is 4.36. The highest BCUT2D eigenvalue weighted by Gasteiger charge is 2.31. The van der Waals surface area contributed by atoms with Crippen molar-refractivity contribution in [1.82, 2.24) is 4.90 Å². The zero-order valence-corrected chi connectivity index (χ0v) is 14.7. The van der Waals surface area contributed by atoms with E-state index in [9.17, 15) is 18.0 Å². The summed E-state index contributed by atoms with van der Waals surface area (Å²) in [6.45, 7) is 2.99. The Hall–Kier alpha value is -2.05. The quantitative estimate of drug-likeness (QED) is 0.787. The molecule has 1 aliphatic rings. The maximum absolute atomic E-state index is 12.8. The van der Waals surface area contributed by atoms with Crippen LogP contribution in [0.2, 0.25) is 5.02 Å². The highest BCUT2D eigenvalue weighted by molar-refractivity contribution is 6.34. The molecule has 2 aromatic carbocycles. The van der Waals surface area contributed by atoms with E-state index in [0.717, 1.165) is 43.4 Å². The molecule has 1 heterocycles. The third kappa shape index (κ3) is 4.56. The first-order chi connectivity index (χ1) is 12.3. The average molecular weight is 383 g/mol. The molecule has 0 aliphatic carbocycles. The van der Waals surface area contributed by atoms with Gasteiger partial charge in [-0.1, -0.05) is 23.7 Å². The van der Waals surface area contributed by atoms with Crippen LogP contribution < -0.4 is 5.32 Å². The van der Waals surface area contributed by atoms with Crippen LogP contribution in [0, 0.1) is 0 Å². The second-order valence-electron chi connectivity index (χ2n) is 6.33. The molecule has 1 fully saturated rings. The minimum absolute atomic E-state index is 0.0528. The van der Waals surface area contributed by atoms with E-state index in [1.54, 1.807) is 12.1 Å². The van der Waals surface area contributed by atoms with Crippen LogP contribution in [0.1, 0.15) is 34.3 Å². The molecule has 1 N–H and O–H groups in total. The number of carbonyl (C=O) groups excluding carboxylic acids is 1. The van der Waals surface area contributed by atoms with Crippen LogP contribution >= 0.6 is 11.6 Å². The fraction of sp³-hybridized carbons (Fsp3) is 0.316. The van der Waals surface area contributed by atoms with Gasteiger partial charge < -0.3 is 5.32 Å². The van der Waals surface area contributed by atoms with Crippen molar-refractivity contribution in [3.63, 3.8) is 0 Å². The first-order valence-electron chi connectivity index (χ1n) is 8.32. The van der Waals surface area contributed by atoms with Crippen molar-refractivity contribution in [1.29, 1.82) is 0 Å². The molecule has 138 valence electrons. The number of rotatable bonds is 4. The number of benzene rings is 2. The van der Waals surface area contributed by atoms with Crippen LogP contribution in [0.15, 0.2) is 42.5 Å². The Labute approximate surface area is 154 Å². The number of halogens is 4. The molecule has 1 saturated heterocycles. The van der Waals surface area contributed by atoms with Gasteiger partial charge >= 0.3 is 6.18 Å². The van der Waals surface area contributed by atoms with Gasteiger partial charge in [0.15, 0.2) is 0 Å².